The van der Waals surface area contributed by atoms with Crippen LogP contribution in [0.5, 0.6) is 11.5 Å². The predicted octanol–water partition coefficient (Wildman–Crippen LogP) is 3.59. The molecule has 0 aromatic heterocycles. The van der Waals surface area contributed by atoms with Crippen molar-refractivity contribution in [2.75, 3.05) is 13.7 Å². The monoisotopic (exact) mass is 356 g/mol. The Balaban J connectivity index is 1.96. The van der Waals surface area contributed by atoms with E-state index in [4.69, 9.17) is 9.47 Å². The van der Waals surface area contributed by atoms with Crippen molar-refractivity contribution in [1.82, 2.24) is 0 Å². The molecule has 1 aliphatic carbocycles. The van der Waals surface area contributed by atoms with E-state index in [9.17, 15) is 9.90 Å². The van der Waals surface area contributed by atoms with E-state index >= 15 is 0 Å². The molecule has 0 bridgehead atoms. The molecule has 1 aromatic carbocycles. The minimum absolute atomic E-state index is 0.228. The zero-order valence-electron chi connectivity index (χ0n) is 12.2. The van der Waals surface area contributed by atoms with Crippen LogP contribution in [0.2, 0.25) is 0 Å². The quantitative estimate of drug-likeness (QED) is 0.758. The average molecular weight is 357 g/mol. The number of carbonyl (C=O) groups is 1. The van der Waals surface area contributed by atoms with E-state index < -0.39 is 6.10 Å². The van der Waals surface area contributed by atoms with Crippen LogP contribution in [0.3, 0.4) is 0 Å². The van der Waals surface area contributed by atoms with E-state index in [0.29, 0.717) is 27.5 Å². The van der Waals surface area contributed by atoms with Gasteiger partial charge in [-0.25, -0.2) is 0 Å². The van der Waals surface area contributed by atoms with Crippen molar-refractivity contribution in [3.63, 3.8) is 0 Å². The second kappa shape index (κ2) is 7.80. The number of ether oxygens (including phenoxy) is 2. The van der Waals surface area contributed by atoms with Crippen molar-refractivity contribution in [3.05, 3.63) is 22.2 Å². The lowest BCUT2D eigenvalue weighted by atomic mass is 10.0. The van der Waals surface area contributed by atoms with E-state index in [0.717, 1.165) is 12.7 Å². The Morgan fingerprint density at radius 2 is 2.14 bits per heavy atom. The van der Waals surface area contributed by atoms with E-state index in [2.05, 4.69) is 15.9 Å². The molecule has 1 atom stereocenters. The summed E-state index contributed by atoms with van der Waals surface area (Å²) in [5.41, 5.74) is 0.512. The van der Waals surface area contributed by atoms with Crippen molar-refractivity contribution in [2.24, 2.45) is 5.92 Å². The van der Waals surface area contributed by atoms with Crippen molar-refractivity contribution in [3.8, 4) is 11.5 Å². The van der Waals surface area contributed by atoms with Gasteiger partial charge in [-0.15, -0.1) is 0 Å². The average Bonchev–Trinajstić information content (AvgIpc) is 2.97. The molecule has 0 saturated heterocycles. The first-order valence-corrected chi connectivity index (χ1v) is 8.07. The first-order valence-electron chi connectivity index (χ1n) is 7.27. The van der Waals surface area contributed by atoms with Crippen molar-refractivity contribution < 1.29 is 19.4 Å². The number of halogens is 1. The Morgan fingerprint density at radius 1 is 1.43 bits per heavy atom. The summed E-state index contributed by atoms with van der Waals surface area (Å²) in [5, 5.41) is 10.1. The molecule has 1 N–H and O–H groups in total. The van der Waals surface area contributed by atoms with Gasteiger partial charge in [-0.05, 0) is 40.4 Å². The Morgan fingerprint density at radius 3 is 2.76 bits per heavy atom. The van der Waals surface area contributed by atoms with E-state index in [1.807, 2.05) is 0 Å². The third-order valence-corrected chi connectivity index (χ3v) is 4.48. The number of hydrogen-bond acceptors (Lipinski definition) is 4. The number of aliphatic hydroxyl groups excluding tert-OH is 1. The Bertz CT molecular complexity index is 483. The van der Waals surface area contributed by atoms with Gasteiger partial charge in [0.25, 0.3) is 0 Å². The van der Waals surface area contributed by atoms with Gasteiger partial charge in [0.2, 0.25) is 0 Å². The summed E-state index contributed by atoms with van der Waals surface area (Å²) in [5.74, 6) is 1.62. The van der Waals surface area contributed by atoms with E-state index in [1.54, 1.807) is 12.1 Å². The molecule has 1 aliphatic rings. The normalized spacial score (nSPS) is 16.7. The van der Waals surface area contributed by atoms with Gasteiger partial charge in [0.15, 0.2) is 11.5 Å². The maximum absolute atomic E-state index is 10.8. The van der Waals surface area contributed by atoms with Gasteiger partial charge < -0.3 is 14.6 Å². The molecule has 116 valence electrons. The highest BCUT2D eigenvalue weighted by atomic mass is 79.9. The van der Waals surface area contributed by atoms with E-state index in [1.165, 1.54) is 32.8 Å². The summed E-state index contributed by atoms with van der Waals surface area (Å²) < 4.78 is 11.6. The highest BCUT2D eigenvalue weighted by Crippen LogP contribution is 2.36. The second-order valence-electron chi connectivity index (χ2n) is 5.50. The third-order valence-electron chi connectivity index (χ3n) is 3.89. The lowest BCUT2D eigenvalue weighted by molar-refractivity contribution is 0.0838. The molecular weight excluding hydrogens is 336 g/mol. The fraction of sp³-hybridized carbons (Fsp3) is 0.562. The molecule has 4 nitrogen and oxygen atoms in total. The standard InChI is InChI=1S/C16H21BrO4/c1-20-15-8-12(9-18)7-14(17)16(15)21-10-13(19)6-11-4-2-3-5-11/h7-9,11,13,19H,2-6,10H2,1H3. The molecule has 21 heavy (non-hydrogen) atoms. The molecule has 0 spiro atoms. The summed E-state index contributed by atoms with van der Waals surface area (Å²) in [6, 6.07) is 3.30. The van der Waals surface area contributed by atoms with Gasteiger partial charge >= 0.3 is 0 Å². The van der Waals surface area contributed by atoms with Gasteiger partial charge in [-0.2, -0.15) is 0 Å². The van der Waals surface area contributed by atoms with Crippen LogP contribution >= 0.6 is 15.9 Å². The Labute approximate surface area is 133 Å². The summed E-state index contributed by atoms with van der Waals surface area (Å²) >= 11 is 3.37. The summed E-state index contributed by atoms with van der Waals surface area (Å²) in [7, 11) is 1.53. The molecule has 2 rings (SSSR count). The van der Waals surface area contributed by atoms with Crippen LogP contribution in [0.1, 0.15) is 42.5 Å². The van der Waals surface area contributed by atoms with Crippen molar-refractivity contribution in [1.29, 1.82) is 0 Å². The smallest absolute Gasteiger partial charge is 0.175 e. The molecular formula is C16H21BrO4. The van der Waals surface area contributed by atoms with Crippen LogP contribution in [0, 0.1) is 5.92 Å². The predicted molar refractivity (Wildman–Crippen MR) is 84.2 cm³/mol. The fourth-order valence-corrected chi connectivity index (χ4v) is 3.40. The highest BCUT2D eigenvalue weighted by Gasteiger charge is 2.20. The molecule has 0 heterocycles. The van der Waals surface area contributed by atoms with Gasteiger partial charge in [0.1, 0.15) is 12.9 Å². The zero-order valence-corrected chi connectivity index (χ0v) is 13.8. The second-order valence-corrected chi connectivity index (χ2v) is 6.36. The lowest BCUT2D eigenvalue weighted by Crippen LogP contribution is -2.20. The molecule has 1 fully saturated rings. The first-order chi connectivity index (χ1) is 10.1. The molecule has 5 heteroatoms. The molecule has 0 radical (unpaired) electrons. The zero-order chi connectivity index (χ0) is 15.2. The van der Waals surface area contributed by atoms with Gasteiger partial charge in [0.05, 0.1) is 17.7 Å². The number of aliphatic hydroxyl groups is 1. The minimum Gasteiger partial charge on any atom is -0.493 e. The summed E-state index contributed by atoms with van der Waals surface area (Å²) in [6.45, 7) is 0.228. The first kappa shape index (κ1) is 16.3. The third kappa shape index (κ3) is 4.45. The SMILES string of the molecule is COc1cc(C=O)cc(Br)c1OCC(O)CC1CCCC1. The van der Waals surface area contributed by atoms with Crippen LogP contribution in [-0.4, -0.2) is 31.2 Å². The Kier molecular flexibility index (Phi) is 6.06. The van der Waals surface area contributed by atoms with E-state index in [-0.39, 0.29) is 6.61 Å². The number of carbonyl (C=O) groups excluding carboxylic acids is 1. The topological polar surface area (TPSA) is 55.8 Å². The Hall–Kier alpha value is -1.07. The molecule has 1 aromatic rings. The van der Waals surface area contributed by atoms with Crippen LogP contribution in [-0.2, 0) is 0 Å². The fourth-order valence-electron chi connectivity index (χ4n) is 2.83. The summed E-state index contributed by atoms with van der Waals surface area (Å²) in [6.07, 6.45) is 6.01. The molecule has 0 aliphatic heterocycles. The highest BCUT2D eigenvalue weighted by molar-refractivity contribution is 9.10. The number of rotatable bonds is 7. The maximum atomic E-state index is 10.8. The largest absolute Gasteiger partial charge is 0.493 e. The molecule has 1 unspecified atom stereocenters. The van der Waals surface area contributed by atoms with Crippen molar-refractivity contribution >= 4 is 22.2 Å². The van der Waals surface area contributed by atoms with Crippen LogP contribution in [0.4, 0.5) is 0 Å². The van der Waals surface area contributed by atoms with Crippen LogP contribution < -0.4 is 9.47 Å². The lowest BCUT2D eigenvalue weighted by Gasteiger charge is -2.18. The molecule has 0 amide bonds. The van der Waals surface area contributed by atoms with Crippen molar-refractivity contribution in [2.45, 2.75) is 38.2 Å². The maximum Gasteiger partial charge on any atom is 0.175 e. The number of methoxy groups -OCH3 is 1. The number of aldehydes is 1. The number of hydrogen-bond donors (Lipinski definition) is 1. The van der Waals surface area contributed by atoms with Gasteiger partial charge in [0, 0.05) is 5.56 Å². The van der Waals surface area contributed by atoms with Crippen LogP contribution in [0.25, 0.3) is 0 Å². The van der Waals surface area contributed by atoms with Gasteiger partial charge in [-0.3, -0.25) is 4.79 Å². The van der Waals surface area contributed by atoms with Gasteiger partial charge in [-0.1, -0.05) is 25.7 Å². The minimum atomic E-state index is -0.476. The van der Waals surface area contributed by atoms with Crippen LogP contribution in [0.15, 0.2) is 16.6 Å². The number of benzene rings is 1. The summed E-state index contributed by atoms with van der Waals surface area (Å²) in [4.78, 5) is 10.8. The molecule has 1 saturated carbocycles.